The van der Waals surface area contributed by atoms with Gasteiger partial charge in [0.05, 0.1) is 0 Å². The maximum atomic E-state index is 4.67. The summed E-state index contributed by atoms with van der Waals surface area (Å²) in [6.45, 7) is 8.29. The van der Waals surface area contributed by atoms with Gasteiger partial charge in [0.2, 0.25) is 0 Å². The molecule has 0 spiro atoms. The van der Waals surface area contributed by atoms with Gasteiger partial charge in [0.25, 0.3) is 0 Å². The molecule has 2 aromatic rings. The predicted molar refractivity (Wildman–Crippen MR) is 90.2 cm³/mol. The maximum Gasteiger partial charge on any atom is 0.133 e. The van der Waals surface area contributed by atoms with Gasteiger partial charge in [-0.05, 0) is 62.2 Å². The van der Waals surface area contributed by atoms with E-state index in [1.54, 1.807) is 0 Å². The van der Waals surface area contributed by atoms with Gasteiger partial charge in [0.1, 0.15) is 5.82 Å². The zero-order valence-electron chi connectivity index (χ0n) is 13.5. The van der Waals surface area contributed by atoms with Crippen molar-refractivity contribution in [1.82, 2.24) is 10.3 Å². The quantitative estimate of drug-likeness (QED) is 0.813. The number of nitrogens with zero attached hydrogens (tertiary/aromatic N) is 2. The third-order valence-electron chi connectivity index (χ3n) is 3.49. The highest BCUT2D eigenvalue weighted by Crippen LogP contribution is 2.23. The van der Waals surface area contributed by atoms with Crippen molar-refractivity contribution in [2.24, 2.45) is 0 Å². The van der Waals surface area contributed by atoms with Gasteiger partial charge in [0.15, 0.2) is 0 Å². The third kappa shape index (κ3) is 4.30. The summed E-state index contributed by atoms with van der Waals surface area (Å²) in [6, 6.07) is 12.8. The summed E-state index contributed by atoms with van der Waals surface area (Å²) in [5.74, 6) is 0.994. The Morgan fingerprint density at radius 2 is 1.95 bits per heavy atom. The lowest BCUT2D eigenvalue weighted by atomic mass is 10.2. The maximum absolute atomic E-state index is 4.67. The molecule has 1 heterocycles. The lowest BCUT2D eigenvalue weighted by Crippen LogP contribution is -2.16. The Labute approximate surface area is 128 Å². The number of hydrogen-bond donors (Lipinski definition) is 1. The van der Waals surface area contributed by atoms with Crippen LogP contribution in [0.1, 0.15) is 30.2 Å². The van der Waals surface area contributed by atoms with Crippen molar-refractivity contribution in [3.8, 4) is 0 Å². The summed E-state index contributed by atoms with van der Waals surface area (Å²) in [5, 5.41) is 3.45. The minimum Gasteiger partial charge on any atom is -0.329 e. The second kappa shape index (κ2) is 7.23. The SMILES string of the molecule is CCCNCc1cc(C)nc(N(C)c2cccc(C)c2)c1. The van der Waals surface area contributed by atoms with Crippen LogP contribution in [0.25, 0.3) is 0 Å². The molecule has 0 unspecified atom stereocenters. The molecule has 1 aromatic heterocycles. The van der Waals surface area contributed by atoms with Gasteiger partial charge in [-0.25, -0.2) is 4.98 Å². The van der Waals surface area contributed by atoms with E-state index in [-0.39, 0.29) is 0 Å². The third-order valence-corrected chi connectivity index (χ3v) is 3.49. The standard InChI is InChI=1S/C18H25N3/c1-5-9-19-13-16-11-15(3)20-18(12-16)21(4)17-8-6-7-14(2)10-17/h6-8,10-12,19H,5,9,13H2,1-4H3. The van der Waals surface area contributed by atoms with E-state index < -0.39 is 0 Å². The summed E-state index contributed by atoms with van der Waals surface area (Å²) in [5.41, 5.74) is 4.77. The first kappa shape index (κ1) is 15.5. The highest BCUT2D eigenvalue weighted by Gasteiger charge is 2.07. The van der Waals surface area contributed by atoms with Crippen LogP contribution in [0.3, 0.4) is 0 Å². The van der Waals surface area contributed by atoms with Gasteiger partial charge < -0.3 is 10.2 Å². The monoisotopic (exact) mass is 283 g/mol. The van der Waals surface area contributed by atoms with Crippen molar-refractivity contribution in [3.05, 3.63) is 53.2 Å². The van der Waals surface area contributed by atoms with Crippen molar-refractivity contribution in [1.29, 1.82) is 0 Å². The molecule has 0 aliphatic heterocycles. The molecule has 0 aliphatic rings. The largest absolute Gasteiger partial charge is 0.329 e. The molecule has 0 fully saturated rings. The average molecular weight is 283 g/mol. The number of anilines is 2. The Hall–Kier alpha value is -1.87. The van der Waals surface area contributed by atoms with Crippen LogP contribution in [0.5, 0.6) is 0 Å². The summed E-state index contributed by atoms with van der Waals surface area (Å²) in [6.07, 6.45) is 1.15. The molecule has 112 valence electrons. The minimum atomic E-state index is 0.895. The van der Waals surface area contributed by atoms with Crippen LogP contribution in [0, 0.1) is 13.8 Å². The van der Waals surface area contributed by atoms with E-state index in [9.17, 15) is 0 Å². The van der Waals surface area contributed by atoms with E-state index >= 15 is 0 Å². The van der Waals surface area contributed by atoms with E-state index in [1.807, 2.05) is 0 Å². The topological polar surface area (TPSA) is 28.2 Å². The van der Waals surface area contributed by atoms with Crippen LogP contribution >= 0.6 is 0 Å². The van der Waals surface area contributed by atoms with E-state index in [2.05, 4.69) is 79.4 Å². The minimum absolute atomic E-state index is 0.895. The second-order valence-corrected chi connectivity index (χ2v) is 5.55. The molecule has 0 saturated heterocycles. The van der Waals surface area contributed by atoms with E-state index in [4.69, 9.17) is 0 Å². The Bertz CT molecular complexity index is 593. The van der Waals surface area contributed by atoms with Crippen molar-refractivity contribution in [2.45, 2.75) is 33.7 Å². The van der Waals surface area contributed by atoms with Crippen LogP contribution < -0.4 is 10.2 Å². The lowest BCUT2D eigenvalue weighted by molar-refractivity contribution is 0.674. The Morgan fingerprint density at radius 3 is 2.67 bits per heavy atom. The van der Waals surface area contributed by atoms with Gasteiger partial charge >= 0.3 is 0 Å². The van der Waals surface area contributed by atoms with Gasteiger partial charge in [-0.2, -0.15) is 0 Å². The molecule has 0 saturated carbocycles. The summed E-state index contributed by atoms with van der Waals surface area (Å²) >= 11 is 0. The molecule has 0 atom stereocenters. The molecule has 2 rings (SSSR count). The number of aromatic nitrogens is 1. The normalized spacial score (nSPS) is 10.7. The van der Waals surface area contributed by atoms with Gasteiger partial charge in [0, 0.05) is 25.0 Å². The first-order valence-corrected chi connectivity index (χ1v) is 7.59. The highest BCUT2D eigenvalue weighted by molar-refractivity contribution is 5.60. The molecule has 0 radical (unpaired) electrons. The summed E-state index contributed by atoms with van der Waals surface area (Å²) < 4.78 is 0. The molecule has 3 nitrogen and oxygen atoms in total. The zero-order valence-corrected chi connectivity index (χ0v) is 13.5. The molecule has 1 N–H and O–H groups in total. The lowest BCUT2D eigenvalue weighted by Gasteiger charge is -2.20. The Kier molecular flexibility index (Phi) is 5.34. The smallest absolute Gasteiger partial charge is 0.133 e. The van der Waals surface area contributed by atoms with Gasteiger partial charge in [-0.15, -0.1) is 0 Å². The number of benzene rings is 1. The van der Waals surface area contributed by atoms with Crippen molar-refractivity contribution in [2.75, 3.05) is 18.5 Å². The number of hydrogen-bond acceptors (Lipinski definition) is 3. The fourth-order valence-corrected chi connectivity index (χ4v) is 2.37. The van der Waals surface area contributed by atoms with Crippen LogP contribution in [0.2, 0.25) is 0 Å². The van der Waals surface area contributed by atoms with Crippen molar-refractivity contribution in [3.63, 3.8) is 0 Å². The number of nitrogens with one attached hydrogen (secondary N) is 1. The van der Waals surface area contributed by atoms with Crippen LogP contribution in [0.15, 0.2) is 36.4 Å². The predicted octanol–water partition coefficient (Wildman–Crippen LogP) is 3.97. The fraction of sp³-hybridized carbons (Fsp3) is 0.389. The molecule has 0 aliphatic carbocycles. The van der Waals surface area contributed by atoms with Crippen molar-refractivity contribution >= 4 is 11.5 Å². The van der Waals surface area contributed by atoms with Gasteiger partial charge in [-0.1, -0.05) is 19.1 Å². The zero-order chi connectivity index (χ0) is 15.2. The molecule has 0 amide bonds. The number of rotatable bonds is 6. The summed E-state index contributed by atoms with van der Waals surface area (Å²) in [7, 11) is 2.07. The average Bonchev–Trinajstić information content (AvgIpc) is 2.46. The number of aryl methyl sites for hydroxylation is 2. The molecular formula is C18H25N3. The fourth-order valence-electron chi connectivity index (χ4n) is 2.37. The van der Waals surface area contributed by atoms with E-state index in [0.717, 1.165) is 31.0 Å². The molecule has 3 heteroatoms. The molecule has 21 heavy (non-hydrogen) atoms. The van der Waals surface area contributed by atoms with Crippen molar-refractivity contribution < 1.29 is 0 Å². The Morgan fingerprint density at radius 1 is 1.14 bits per heavy atom. The first-order chi connectivity index (χ1) is 10.1. The van der Waals surface area contributed by atoms with Crippen LogP contribution in [-0.2, 0) is 6.54 Å². The van der Waals surface area contributed by atoms with Crippen LogP contribution in [0.4, 0.5) is 11.5 Å². The van der Waals surface area contributed by atoms with E-state index in [1.165, 1.54) is 16.8 Å². The summed E-state index contributed by atoms with van der Waals surface area (Å²) in [4.78, 5) is 6.81. The molecule has 1 aromatic carbocycles. The van der Waals surface area contributed by atoms with Crippen LogP contribution in [-0.4, -0.2) is 18.6 Å². The molecule has 0 bridgehead atoms. The number of pyridine rings is 1. The Balaban J connectivity index is 2.22. The second-order valence-electron chi connectivity index (χ2n) is 5.55. The molecular weight excluding hydrogens is 258 g/mol. The van der Waals surface area contributed by atoms with Gasteiger partial charge in [-0.3, -0.25) is 0 Å². The highest BCUT2D eigenvalue weighted by atomic mass is 15.2. The first-order valence-electron chi connectivity index (χ1n) is 7.59. The van der Waals surface area contributed by atoms with E-state index in [0.29, 0.717) is 0 Å².